The molecule has 0 radical (unpaired) electrons. The molecule has 18 heavy (non-hydrogen) atoms. The van der Waals surface area contributed by atoms with Gasteiger partial charge < -0.3 is 10.2 Å². The van der Waals surface area contributed by atoms with Crippen molar-refractivity contribution in [1.82, 2.24) is 15.1 Å². The number of hydrogen-bond donors (Lipinski definition) is 1. The minimum Gasteiger partial charge on any atom is -0.322 e. The topological polar surface area (TPSA) is 52.7 Å². The molecule has 1 aliphatic carbocycles. The van der Waals surface area contributed by atoms with Crippen molar-refractivity contribution in [3.05, 3.63) is 0 Å². The molecule has 102 valence electrons. The molecule has 0 unspecified atom stereocenters. The minimum absolute atomic E-state index is 0.0424. The average Bonchev–Trinajstić information content (AvgIpc) is 3.22. The normalized spacial score (nSPS) is 19.7. The van der Waals surface area contributed by atoms with E-state index >= 15 is 0 Å². The number of imide groups is 1. The van der Waals surface area contributed by atoms with Gasteiger partial charge in [-0.05, 0) is 18.8 Å². The Labute approximate surface area is 108 Å². The number of rotatable bonds is 4. The fourth-order valence-corrected chi connectivity index (χ4v) is 2.29. The van der Waals surface area contributed by atoms with E-state index in [0.29, 0.717) is 19.5 Å². The lowest BCUT2D eigenvalue weighted by molar-refractivity contribution is -0.127. The summed E-state index contributed by atoms with van der Waals surface area (Å²) in [6.45, 7) is 3.02. The molecule has 2 aliphatic rings. The molecule has 0 aromatic heterocycles. The van der Waals surface area contributed by atoms with Gasteiger partial charge in [0.2, 0.25) is 5.91 Å². The second kappa shape index (κ2) is 6.18. The molecule has 0 aromatic carbocycles. The van der Waals surface area contributed by atoms with Gasteiger partial charge >= 0.3 is 6.03 Å². The van der Waals surface area contributed by atoms with Gasteiger partial charge in [-0.25, -0.2) is 4.79 Å². The summed E-state index contributed by atoms with van der Waals surface area (Å²) in [6, 6.07) is -0.145. The van der Waals surface area contributed by atoms with Crippen molar-refractivity contribution >= 4 is 11.9 Å². The molecule has 0 aromatic rings. The van der Waals surface area contributed by atoms with Crippen LogP contribution in [0.3, 0.4) is 0 Å². The van der Waals surface area contributed by atoms with Gasteiger partial charge in [-0.1, -0.05) is 12.8 Å². The third-order valence-corrected chi connectivity index (χ3v) is 3.75. The Hall–Kier alpha value is -1.10. The predicted octanol–water partition coefficient (Wildman–Crippen LogP) is 1.05. The largest absolute Gasteiger partial charge is 0.326 e. The van der Waals surface area contributed by atoms with Gasteiger partial charge in [0.15, 0.2) is 0 Å². The van der Waals surface area contributed by atoms with E-state index in [1.165, 1.54) is 17.7 Å². The molecule has 2 fully saturated rings. The number of nitrogens with zero attached hydrogens (tertiary/aromatic N) is 2. The number of carbonyl (C=O) groups excluding carboxylic acids is 2. The van der Waals surface area contributed by atoms with Gasteiger partial charge in [0.1, 0.15) is 0 Å². The molecule has 2 rings (SSSR count). The summed E-state index contributed by atoms with van der Waals surface area (Å²) in [4.78, 5) is 27.0. The lowest BCUT2D eigenvalue weighted by Gasteiger charge is -2.30. The van der Waals surface area contributed by atoms with Crippen LogP contribution in [0.4, 0.5) is 4.79 Å². The third kappa shape index (κ3) is 3.70. The molecular weight excluding hydrogens is 230 g/mol. The van der Waals surface area contributed by atoms with E-state index in [1.807, 2.05) is 0 Å². The molecule has 1 N–H and O–H groups in total. The molecule has 0 bridgehead atoms. The number of piperazine rings is 1. The lowest BCUT2D eigenvalue weighted by atomic mass is 10.1. The molecule has 1 aliphatic heterocycles. The summed E-state index contributed by atoms with van der Waals surface area (Å²) >= 11 is 0. The van der Waals surface area contributed by atoms with E-state index in [1.54, 1.807) is 11.9 Å². The zero-order chi connectivity index (χ0) is 13.0. The number of nitrogens with one attached hydrogen (secondary N) is 1. The monoisotopic (exact) mass is 253 g/mol. The molecule has 1 heterocycles. The predicted molar refractivity (Wildman–Crippen MR) is 69.2 cm³/mol. The second-order valence-corrected chi connectivity index (χ2v) is 5.31. The Balaban J connectivity index is 1.71. The highest BCUT2D eigenvalue weighted by Gasteiger charge is 2.25. The van der Waals surface area contributed by atoms with Crippen LogP contribution in [0.2, 0.25) is 0 Å². The molecule has 5 heteroatoms. The van der Waals surface area contributed by atoms with Gasteiger partial charge in [0.05, 0.1) is 0 Å². The molecule has 0 atom stereocenters. The molecule has 0 spiro atoms. The Kier molecular flexibility index (Phi) is 4.58. The average molecular weight is 253 g/mol. The van der Waals surface area contributed by atoms with Crippen molar-refractivity contribution in [2.45, 2.75) is 32.1 Å². The maximum absolute atomic E-state index is 12.1. The standard InChI is InChI=1S/C13H23N3O2/c1-15(12(17)4-2-3-11-5-6-11)13(18)16-9-7-14-8-10-16/h11,14H,2-10H2,1H3. The van der Waals surface area contributed by atoms with Crippen LogP contribution in [0.5, 0.6) is 0 Å². The minimum atomic E-state index is -0.145. The second-order valence-electron chi connectivity index (χ2n) is 5.31. The fraction of sp³-hybridized carbons (Fsp3) is 0.846. The highest BCUT2D eigenvalue weighted by atomic mass is 16.2. The van der Waals surface area contributed by atoms with Gasteiger partial charge in [0, 0.05) is 39.6 Å². The molecule has 5 nitrogen and oxygen atoms in total. The fourth-order valence-electron chi connectivity index (χ4n) is 2.29. The summed E-state index contributed by atoms with van der Waals surface area (Å²) in [7, 11) is 1.60. The van der Waals surface area contributed by atoms with Crippen LogP contribution >= 0.6 is 0 Å². The summed E-state index contributed by atoms with van der Waals surface area (Å²) in [6.07, 6.45) is 5.21. The van der Waals surface area contributed by atoms with E-state index in [4.69, 9.17) is 0 Å². The van der Waals surface area contributed by atoms with Gasteiger partial charge in [-0.2, -0.15) is 0 Å². The number of urea groups is 1. The zero-order valence-electron chi connectivity index (χ0n) is 11.2. The maximum Gasteiger partial charge on any atom is 0.326 e. The summed E-state index contributed by atoms with van der Waals surface area (Å²) in [5.41, 5.74) is 0. The first-order valence-corrected chi connectivity index (χ1v) is 6.94. The zero-order valence-corrected chi connectivity index (χ0v) is 11.2. The highest BCUT2D eigenvalue weighted by molar-refractivity contribution is 5.94. The highest BCUT2D eigenvalue weighted by Crippen LogP contribution is 2.33. The van der Waals surface area contributed by atoms with Crippen LogP contribution in [0, 0.1) is 5.92 Å². The van der Waals surface area contributed by atoms with Crippen molar-refractivity contribution < 1.29 is 9.59 Å². The number of carbonyl (C=O) groups is 2. The lowest BCUT2D eigenvalue weighted by Crippen LogP contribution is -2.51. The summed E-state index contributed by atoms with van der Waals surface area (Å²) < 4.78 is 0. The van der Waals surface area contributed by atoms with Crippen LogP contribution in [-0.4, -0.2) is 55.0 Å². The first-order chi connectivity index (χ1) is 8.68. The molecule has 1 saturated heterocycles. The van der Waals surface area contributed by atoms with E-state index < -0.39 is 0 Å². The smallest absolute Gasteiger partial charge is 0.322 e. The van der Waals surface area contributed by atoms with Gasteiger partial charge in [-0.3, -0.25) is 9.69 Å². The Morgan fingerprint density at radius 1 is 1.28 bits per heavy atom. The Bertz CT molecular complexity index is 309. The van der Waals surface area contributed by atoms with Crippen LogP contribution in [0.1, 0.15) is 32.1 Å². The van der Waals surface area contributed by atoms with Crippen LogP contribution in [0.25, 0.3) is 0 Å². The van der Waals surface area contributed by atoms with Crippen molar-refractivity contribution in [2.75, 3.05) is 33.2 Å². The van der Waals surface area contributed by atoms with E-state index in [-0.39, 0.29) is 11.9 Å². The first kappa shape index (κ1) is 13.3. The number of amides is 3. The van der Waals surface area contributed by atoms with E-state index in [9.17, 15) is 9.59 Å². The Morgan fingerprint density at radius 3 is 2.56 bits per heavy atom. The van der Waals surface area contributed by atoms with Crippen molar-refractivity contribution in [2.24, 2.45) is 5.92 Å². The van der Waals surface area contributed by atoms with Crippen LogP contribution in [0.15, 0.2) is 0 Å². The Morgan fingerprint density at radius 2 is 1.94 bits per heavy atom. The molecule has 1 saturated carbocycles. The van der Waals surface area contributed by atoms with Crippen molar-refractivity contribution in [3.63, 3.8) is 0 Å². The maximum atomic E-state index is 12.1. The first-order valence-electron chi connectivity index (χ1n) is 6.94. The summed E-state index contributed by atoms with van der Waals surface area (Å²) in [5, 5.41) is 3.19. The van der Waals surface area contributed by atoms with Gasteiger partial charge in [-0.15, -0.1) is 0 Å². The van der Waals surface area contributed by atoms with E-state index in [0.717, 1.165) is 31.8 Å². The molecular formula is C13H23N3O2. The summed E-state index contributed by atoms with van der Waals surface area (Å²) in [5.74, 6) is 0.811. The molecule has 3 amide bonds. The van der Waals surface area contributed by atoms with Gasteiger partial charge in [0.25, 0.3) is 0 Å². The third-order valence-electron chi connectivity index (χ3n) is 3.75. The van der Waals surface area contributed by atoms with Crippen LogP contribution in [-0.2, 0) is 4.79 Å². The van der Waals surface area contributed by atoms with E-state index in [2.05, 4.69) is 5.32 Å². The number of hydrogen-bond acceptors (Lipinski definition) is 3. The SMILES string of the molecule is CN(C(=O)CCCC1CC1)C(=O)N1CCNCC1. The van der Waals surface area contributed by atoms with Crippen molar-refractivity contribution in [1.29, 1.82) is 0 Å². The quantitative estimate of drug-likeness (QED) is 0.815. The van der Waals surface area contributed by atoms with Crippen LogP contribution < -0.4 is 5.32 Å². The van der Waals surface area contributed by atoms with Crippen molar-refractivity contribution in [3.8, 4) is 0 Å².